The van der Waals surface area contributed by atoms with Gasteiger partial charge in [-0.15, -0.1) is 24.0 Å². The van der Waals surface area contributed by atoms with Gasteiger partial charge in [-0.05, 0) is 49.6 Å². The lowest BCUT2D eigenvalue weighted by molar-refractivity contribution is -0.0172. The van der Waals surface area contributed by atoms with E-state index >= 15 is 0 Å². The molecular weight excluding hydrogens is 538 g/mol. The number of para-hydroxylation sites is 2. The molecule has 2 aromatic carbocycles. The molecule has 0 saturated carbocycles. The zero-order valence-electron chi connectivity index (χ0n) is 19.1. The number of halogens is 2. The SMILES string of the molecule is CCNC(=NCCc1cc(F)cc2c1OCOC2)NC1CCN(c2ccccc2OC)C1.I. The van der Waals surface area contributed by atoms with E-state index in [4.69, 9.17) is 19.2 Å². The summed E-state index contributed by atoms with van der Waals surface area (Å²) in [6.07, 6.45) is 1.60. The molecule has 2 heterocycles. The minimum Gasteiger partial charge on any atom is -0.495 e. The summed E-state index contributed by atoms with van der Waals surface area (Å²) < 4.78 is 30.4. The Morgan fingerprint density at radius 3 is 2.97 bits per heavy atom. The maximum Gasteiger partial charge on any atom is 0.191 e. The van der Waals surface area contributed by atoms with E-state index in [2.05, 4.69) is 21.6 Å². The molecule has 0 aliphatic carbocycles. The van der Waals surface area contributed by atoms with Crippen LogP contribution in [0.4, 0.5) is 10.1 Å². The lowest BCUT2D eigenvalue weighted by atomic mass is 10.1. The van der Waals surface area contributed by atoms with Crippen LogP contribution < -0.4 is 25.0 Å². The summed E-state index contributed by atoms with van der Waals surface area (Å²) in [7, 11) is 1.70. The van der Waals surface area contributed by atoms with E-state index in [-0.39, 0.29) is 42.6 Å². The van der Waals surface area contributed by atoms with E-state index in [9.17, 15) is 4.39 Å². The first-order valence-corrected chi connectivity index (χ1v) is 11.1. The quantitative estimate of drug-likeness (QED) is 0.301. The van der Waals surface area contributed by atoms with Crippen LogP contribution in [-0.2, 0) is 17.8 Å². The number of benzene rings is 2. The van der Waals surface area contributed by atoms with Gasteiger partial charge in [-0.3, -0.25) is 4.99 Å². The van der Waals surface area contributed by atoms with Gasteiger partial charge in [0.2, 0.25) is 0 Å². The maximum absolute atomic E-state index is 14.0. The van der Waals surface area contributed by atoms with E-state index in [1.165, 1.54) is 12.1 Å². The fourth-order valence-corrected chi connectivity index (χ4v) is 4.23. The van der Waals surface area contributed by atoms with Gasteiger partial charge in [0.05, 0.1) is 19.4 Å². The number of aliphatic imine (C=N–C) groups is 1. The molecule has 0 amide bonds. The van der Waals surface area contributed by atoms with Crippen molar-refractivity contribution < 1.29 is 18.6 Å². The average molecular weight is 570 g/mol. The predicted octanol–water partition coefficient (Wildman–Crippen LogP) is 3.70. The molecule has 2 aromatic rings. The Balaban J connectivity index is 0.00000306. The minimum atomic E-state index is -0.274. The van der Waals surface area contributed by atoms with E-state index in [0.29, 0.717) is 19.6 Å². The van der Waals surface area contributed by atoms with Crippen molar-refractivity contribution in [3.8, 4) is 11.5 Å². The summed E-state index contributed by atoms with van der Waals surface area (Å²) in [5.74, 6) is 2.12. The second-order valence-electron chi connectivity index (χ2n) is 7.92. The minimum absolute atomic E-state index is 0. The lowest BCUT2D eigenvalue weighted by Gasteiger charge is -2.22. The van der Waals surface area contributed by atoms with Crippen molar-refractivity contribution in [1.29, 1.82) is 0 Å². The van der Waals surface area contributed by atoms with Crippen molar-refractivity contribution in [1.82, 2.24) is 10.6 Å². The number of fused-ring (bicyclic) bond motifs is 1. The third-order valence-electron chi connectivity index (χ3n) is 5.70. The first kappa shape index (κ1) is 25.4. The summed E-state index contributed by atoms with van der Waals surface area (Å²) in [4.78, 5) is 7.06. The number of hydrogen-bond acceptors (Lipinski definition) is 5. The average Bonchev–Trinajstić information content (AvgIpc) is 3.27. The number of nitrogens with one attached hydrogen (secondary N) is 2. The highest BCUT2D eigenvalue weighted by atomic mass is 127. The van der Waals surface area contributed by atoms with E-state index in [1.807, 2.05) is 25.1 Å². The smallest absolute Gasteiger partial charge is 0.191 e. The van der Waals surface area contributed by atoms with Gasteiger partial charge >= 0.3 is 0 Å². The molecule has 0 aromatic heterocycles. The van der Waals surface area contributed by atoms with Crippen LogP contribution in [-0.4, -0.2) is 52.1 Å². The monoisotopic (exact) mass is 570 g/mol. The Labute approximate surface area is 211 Å². The Kier molecular flexibility index (Phi) is 9.42. The third-order valence-corrected chi connectivity index (χ3v) is 5.70. The summed E-state index contributed by atoms with van der Waals surface area (Å²) in [5, 5.41) is 6.86. The topological polar surface area (TPSA) is 67.4 Å². The summed E-state index contributed by atoms with van der Waals surface area (Å²) in [5.41, 5.74) is 2.69. The highest BCUT2D eigenvalue weighted by Gasteiger charge is 2.25. The van der Waals surface area contributed by atoms with Gasteiger partial charge in [-0.2, -0.15) is 0 Å². The fourth-order valence-electron chi connectivity index (χ4n) is 4.23. The summed E-state index contributed by atoms with van der Waals surface area (Å²) in [6.45, 7) is 5.73. The number of hydrogen-bond donors (Lipinski definition) is 2. The Hall–Kier alpha value is -2.27. The molecule has 0 bridgehead atoms. The first-order valence-electron chi connectivity index (χ1n) is 11.1. The van der Waals surface area contributed by atoms with Crippen molar-refractivity contribution in [3.63, 3.8) is 0 Å². The molecule has 1 atom stereocenters. The molecule has 9 heteroatoms. The molecular formula is C24H32FIN4O3. The molecule has 2 aliphatic heterocycles. The number of guanidine groups is 1. The van der Waals surface area contributed by atoms with E-state index in [0.717, 1.165) is 60.3 Å². The predicted molar refractivity (Wildman–Crippen MR) is 139 cm³/mol. The lowest BCUT2D eigenvalue weighted by Crippen LogP contribution is -2.44. The highest BCUT2D eigenvalue weighted by molar-refractivity contribution is 14.0. The molecule has 1 unspecified atom stereocenters. The van der Waals surface area contributed by atoms with Crippen LogP contribution in [0.15, 0.2) is 41.4 Å². The van der Waals surface area contributed by atoms with Gasteiger partial charge in [0, 0.05) is 37.8 Å². The summed E-state index contributed by atoms with van der Waals surface area (Å²) >= 11 is 0. The first-order chi connectivity index (χ1) is 15.7. The van der Waals surface area contributed by atoms with Crippen LogP contribution in [0.3, 0.4) is 0 Å². The van der Waals surface area contributed by atoms with Gasteiger partial charge in [-0.1, -0.05) is 12.1 Å². The number of rotatable bonds is 7. The Morgan fingerprint density at radius 2 is 2.15 bits per heavy atom. The van der Waals surface area contributed by atoms with Crippen LogP contribution in [0.25, 0.3) is 0 Å². The van der Waals surface area contributed by atoms with Crippen LogP contribution >= 0.6 is 24.0 Å². The largest absolute Gasteiger partial charge is 0.495 e. The van der Waals surface area contributed by atoms with E-state index in [1.54, 1.807) is 7.11 Å². The number of nitrogens with zero attached hydrogens (tertiary/aromatic N) is 2. The molecule has 33 heavy (non-hydrogen) atoms. The fraction of sp³-hybridized carbons (Fsp3) is 0.458. The Bertz CT molecular complexity index is 959. The van der Waals surface area contributed by atoms with Crippen molar-refractivity contribution in [2.45, 2.75) is 32.4 Å². The van der Waals surface area contributed by atoms with Crippen molar-refractivity contribution in [2.75, 3.05) is 45.0 Å². The highest BCUT2D eigenvalue weighted by Crippen LogP contribution is 2.31. The molecule has 0 radical (unpaired) electrons. The molecule has 2 N–H and O–H groups in total. The second kappa shape index (κ2) is 12.3. The van der Waals surface area contributed by atoms with Crippen molar-refractivity contribution in [2.24, 2.45) is 4.99 Å². The summed E-state index contributed by atoms with van der Waals surface area (Å²) in [6, 6.07) is 11.4. The molecule has 4 rings (SSSR count). The van der Waals surface area contributed by atoms with Crippen LogP contribution in [0.2, 0.25) is 0 Å². The normalized spacial score (nSPS) is 17.6. The zero-order valence-corrected chi connectivity index (χ0v) is 21.4. The van der Waals surface area contributed by atoms with Gasteiger partial charge in [-0.25, -0.2) is 4.39 Å². The molecule has 0 spiro atoms. The van der Waals surface area contributed by atoms with Crippen LogP contribution in [0.1, 0.15) is 24.5 Å². The number of ether oxygens (including phenoxy) is 3. The molecule has 180 valence electrons. The van der Waals surface area contributed by atoms with Gasteiger partial charge in [0.15, 0.2) is 12.8 Å². The standard InChI is InChI=1S/C24H31FN4O3.HI/c1-3-26-24(27-10-8-17-12-19(25)13-18-15-31-16-32-23(17)18)28-20-9-11-29(14-20)21-6-4-5-7-22(21)30-2;/h4-7,12-13,20H,3,8-11,14-16H2,1-2H3,(H2,26,27,28);1H. The van der Waals surface area contributed by atoms with Gasteiger partial charge in [0.25, 0.3) is 0 Å². The maximum atomic E-state index is 14.0. The Morgan fingerprint density at radius 1 is 1.30 bits per heavy atom. The van der Waals surface area contributed by atoms with Crippen molar-refractivity contribution >= 4 is 35.6 Å². The molecule has 1 fully saturated rings. The van der Waals surface area contributed by atoms with Gasteiger partial charge in [0.1, 0.15) is 17.3 Å². The van der Waals surface area contributed by atoms with Gasteiger partial charge < -0.3 is 29.7 Å². The molecule has 1 saturated heterocycles. The molecule has 2 aliphatic rings. The van der Waals surface area contributed by atoms with Crippen molar-refractivity contribution in [3.05, 3.63) is 53.3 Å². The second-order valence-corrected chi connectivity index (χ2v) is 7.92. The zero-order chi connectivity index (χ0) is 22.3. The van der Waals surface area contributed by atoms with Crippen LogP contribution in [0.5, 0.6) is 11.5 Å². The van der Waals surface area contributed by atoms with Crippen LogP contribution in [0, 0.1) is 5.82 Å². The third kappa shape index (κ3) is 6.41. The number of anilines is 1. The van der Waals surface area contributed by atoms with E-state index < -0.39 is 0 Å². The molecule has 7 nitrogen and oxygen atoms in total. The number of methoxy groups -OCH3 is 1.